The number of likely N-dealkylation sites (N-methyl/N-ethyl adjacent to an activating group) is 1. The summed E-state index contributed by atoms with van der Waals surface area (Å²) in [5.74, 6) is 0. The molecule has 3 unspecified atom stereocenters. The lowest BCUT2D eigenvalue weighted by Gasteiger charge is -2.42. The summed E-state index contributed by atoms with van der Waals surface area (Å²) >= 11 is 0. The Kier molecular flexibility index (Phi) is 5.65. The number of rotatable bonds is 7. The molecule has 0 spiro atoms. The fourth-order valence-electron chi connectivity index (χ4n) is 3.44. The van der Waals surface area contributed by atoms with E-state index in [2.05, 4.69) is 49.0 Å². The maximum Gasteiger partial charge on any atom is 0.106 e. The van der Waals surface area contributed by atoms with Crippen molar-refractivity contribution in [3.8, 4) is 6.07 Å². The highest BCUT2D eigenvalue weighted by atomic mass is 15.3. The third kappa shape index (κ3) is 4.42. The largest absolute Gasteiger partial charge is 0.300 e. The first-order valence-corrected chi connectivity index (χ1v) is 8.63. The lowest BCUT2D eigenvalue weighted by atomic mass is 9.91. The van der Waals surface area contributed by atoms with Crippen LogP contribution in [0.25, 0.3) is 0 Å². The summed E-state index contributed by atoms with van der Waals surface area (Å²) in [5.41, 5.74) is -0.287. The van der Waals surface area contributed by atoms with Gasteiger partial charge in [0.2, 0.25) is 0 Å². The summed E-state index contributed by atoms with van der Waals surface area (Å²) in [6.45, 7) is 10.2. The summed E-state index contributed by atoms with van der Waals surface area (Å²) < 4.78 is 0. The van der Waals surface area contributed by atoms with E-state index < -0.39 is 0 Å². The van der Waals surface area contributed by atoms with Gasteiger partial charge in [-0.3, -0.25) is 10.2 Å². The van der Waals surface area contributed by atoms with E-state index in [1.807, 2.05) is 0 Å². The van der Waals surface area contributed by atoms with E-state index in [0.29, 0.717) is 18.1 Å². The van der Waals surface area contributed by atoms with Crippen molar-refractivity contribution in [1.82, 2.24) is 15.1 Å². The molecule has 2 aliphatic rings. The minimum atomic E-state index is -0.287. The highest BCUT2D eigenvalue weighted by Gasteiger charge is 2.35. The highest BCUT2D eigenvalue weighted by molar-refractivity contribution is 5.09. The number of hydrogen-bond acceptors (Lipinski definition) is 4. The van der Waals surface area contributed by atoms with Gasteiger partial charge in [-0.05, 0) is 59.5 Å². The molecule has 3 atom stereocenters. The molecule has 120 valence electrons. The van der Waals surface area contributed by atoms with E-state index in [1.54, 1.807) is 0 Å². The monoisotopic (exact) mass is 292 g/mol. The smallest absolute Gasteiger partial charge is 0.106 e. The lowest BCUT2D eigenvalue weighted by molar-refractivity contribution is 0.0581. The van der Waals surface area contributed by atoms with Crippen LogP contribution in [0.4, 0.5) is 0 Å². The molecule has 0 aromatic carbocycles. The fraction of sp³-hybridized carbons (Fsp3) is 0.941. The molecule has 2 rings (SSSR count). The lowest BCUT2D eigenvalue weighted by Crippen LogP contribution is -2.55. The molecule has 4 nitrogen and oxygen atoms in total. The van der Waals surface area contributed by atoms with Crippen LogP contribution < -0.4 is 5.32 Å². The van der Waals surface area contributed by atoms with Crippen molar-refractivity contribution in [2.75, 3.05) is 26.7 Å². The van der Waals surface area contributed by atoms with Crippen LogP contribution in [0.5, 0.6) is 0 Å². The first-order valence-electron chi connectivity index (χ1n) is 8.63. The molecule has 1 saturated heterocycles. The minimum Gasteiger partial charge on any atom is -0.300 e. The van der Waals surface area contributed by atoms with Gasteiger partial charge in [0.1, 0.15) is 5.54 Å². The van der Waals surface area contributed by atoms with Crippen LogP contribution in [0.3, 0.4) is 0 Å². The molecule has 1 heterocycles. The van der Waals surface area contributed by atoms with Crippen molar-refractivity contribution in [3.63, 3.8) is 0 Å². The van der Waals surface area contributed by atoms with E-state index in [9.17, 15) is 5.26 Å². The number of nitrogens with one attached hydrogen (secondary N) is 1. The molecule has 1 aliphatic heterocycles. The van der Waals surface area contributed by atoms with Gasteiger partial charge in [0.05, 0.1) is 6.07 Å². The molecule has 0 amide bonds. The van der Waals surface area contributed by atoms with Crippen LogP contribution in [0.2, 0.25) is 0 Å². The molecule has 0 aromatic heterocycles. The Morgan fingerprint density at radius 1 is 1.24 bits per heavy atom. The molecule has 0 radical (unpaired) electrons. The zero-order valence-corrected chi connectivity index (χ0v) is 14.2. The normalized spacial score (nSPS) is 30.8. The molecular weight excluding hydrogens is 260 g/mol. The number of hydrogen-bond donors (Lipinski definition) is 1. The van der Waals surface area contributed by atoms with Crippen LogP contribution in [-0.2, 0) is 0 Å². The first kappa shape index (κ1) is 16.7. The van der Waals surface area contributed by atoms with Crippen LogP contribution in [0.15, 0.2) is 0 Å². The van der Waals surface area contributed by atoms with Gasteiger partial charge in [0.25, 0.3) is 0 Å². The molecule has 1 saturated carbocycles. The van der Waals surface area contributed by atoms with Gasteiger partial charge in [-0.1, -0.05) is 6.92 Å². The topological polar surface area (TPSA) is 42.3 Å². The second-order valence-electron chi connectivity index (χ2n) is 7.19. The second-order valence-corrected chi connectivity index (χ2v) is 7.19. The van der Waals surface area contributed by atoms with Crippen molar-refractivity contribution in [2.45, 2.75) is 76.5 Å². The standard InChI is InChI=1S/C17H32N4/c1-5-17(13-18,19-16-7-8-16)9-6-10-21-11-14(2)20(4)15(3)12-21/h14-16,19H,5-12H2,1-4H3. The van der Waals surface area contributed by atoms with Gasteiger partial charge < -0.3 is 4.90 Å². The Morgan fingerprint density at radius 3 is 2.33 bits per heavy atom. The molecule has 0 bridgehead atoms. The van der Waals surface area contributed by atoms with Crippen molar-refractivity contribution in [3.05, 3.63) is 0 Å². The number of piperazine rings is 1. The van der Waals surface area contributed by atoms with Gasteiger partial charge >= 0.3 is 0 Å². The van der Waals surface area contributed by atoms with Crippen molar-refractivity contribution < 1.29 is 0 Å². The SMILES string of the molecule is CCC(C#N)(CCCN1CC(C)N(C)C(C)C1)NC1CC1. The predicted molar refractivity (Wildman–Crippen MR) is 87.2 cm³/mol. The number of nitrogens with zero attached hydrogens (tertiary/aromatic N) is 3. The van der Waals surface area contributed by atoms with Crippen molar-refractivity contribution >= 4 is 0 Å². The van der Waals surface area contributed by atoms with E-state index >= 15 is 0 Å². The Hall–Kier alpha value is -0.630. The zero-order chi connectivity index (χ0) is 15.5. The second kappa shape index (κ2) is 7.09. The molecule has 2 fully saturated rings. The van der Waals surface area contributed by atoms with Gasteiger partial charge in [-0.15, -0.1) is 0 Å². The minimum absolute atomic E-state index is 0.287. The molecular formula is C17H32N4. The van der Waals surface area contributed by atoms with Crippen LogP contribution >= 0.6 is 0 Å². The maximum atomic E-state index is 9.58. The Labute approximate surface area is 130 Å². The summed E-state index contributed by atoms with van der Waals surface area (Å²) in [5, 5.41) is 13.2. The molecule has 21 heavy (non-hydrogen) atoms. The van der Waals surface area contributed by atoms with E-state index in [1.165, 1.54) is 12.8 Å². The summed E-state index contributed by atoms with van der Waals surface area (Å²) in [4.78, 5) is 5.04. The van der Waals surface area contributed by atoms with Gasteiger partial charge in [0, 0.05) is 31.2 Å². The quantitative estimate of drug-likeness (QED) is 0.781. The fourth-order valence-corrected chi connectivity index (χ4v) is 3.44. The third-order valence-corrected chi connectivity index (χ3v) is 5.39. The van der Waals surface area contributed by atoms with Gasteiger partial charge in [0.15, 0.2) is 0 Å². The Balaban J connectivity index is 1.78. The predicted octanol–water partition coefficient (Wildman–Crippen LogP) is 2.22. The molecule has 0 aromatic rings. The average molecular weight is 292 g/mol. The van der Waals surface area contributed by atoms with Crippen molar-refractivity contribution in [2.24, 2.45) is 0 Å². The van der Waals surface area contributed by atoms with Crippen LogP contribution in [0.1, 0.15) is 52.9 Å². The molecule has 1 N–H and O–H groups in total. The molecule has 4 heteroatoms. The summed E-state index contributed by atoms with van der Waals surface area (Å²) in [7, 11) is 2.23. The van der Waals surface area contributed by atoms with Crippen LogP contribution in [0, 0.1) is 11.3 Å². The van der Waals surface area contributed by atoms with Gasteiger partial charge in [-0.2, -0.15) is 5.26 Å². The third-order valence-electron chi connectivity index (χ3n) is 5.39. The average Bonchev–Trinajstić information content (AvgIpc) is 3.27. The van der Waals surface area contributed by atoms with Crippen LogP contribution in [-0.4, -0.2) is 60.1 Å². The van der Waals surface area contributed by atoms with Crippen molar-refractivity contribution in [1.29, 1.82) is 5.26 Å². The van der Waals surface area contributed by atoms with E-state index in [0.717, 1.165) is 38.9 Å². The van der Waals surface area contributed by atoms with E-state index in [4.69, 9.17) is 0 Å². The summed E-state index contributed by atoms with van der Waals surface area (Å²) in [6.07, 6.45) is 5.50. The Bertz CT molecular complexity index is 361. The van der Waals surface area contributed by atoms with Gasteiger partial charge in [-0.25, -0.2) is 0 Å². The van der Waals surface area contributed by atoms with E-state index in [-0.39, 0.29) is 5.54 Å². The number of nitriles is 1. The Morgan fingerprint density at radius 2 is 1.86 bits per heavy atom. The molecule has 1 aliphatic carbocycles. The maximum absolute atomic E-state index is 9.58. The highest BCUT2D eigenvalue weighted by Crippen LogP contribution is 2.27. The first-order chi connectivity index (χ1) is 9.99. The zero-order valence-electron chi connectivity index (χ0n) is 14.2. The summed E-state index contributed by atoms with van der Waals surface area (Å²) in [6, 6.07) is 4.43.